The highest BCUT2D eigenvalue weighted by atomic mass is 32.2. The number of aryl methyl sites for hydroxylation is 1. The second-order valence-corrected chi connectivity index (χ2v) is 5.81. The molecule has 0 bridgehead atoms. The number of imidazole rings is 1. The summed E-state index contributed by atoms with van der Waals surface area (Å²) < 4.78 is 41.6. The molecule has 1 aromatic carbocycles. The summed E-state index contributed by atoms with van der Waals surface area (Å²) in [7, 11) is -2.19. The van der Waals surface area contributed by atoms with E-state index in [1.165, 1.54) is 29.2 Å². The lowest BCUT2D eigenvalue weighted by Crippen LogP contribution is -2.13. The summed E-state index contributed by atoms with van der Waals surface area (Å²) >= 11 is 0. The van der Waals surface area contributed by atoms with Gasteiger partial charge in [-0.15, -0.1) is 0 Å². The lowest BCUT2D eigenvalue weighted by molar-refractivity contribution is 0.598. The van der Waals surface area contributed by atoms with Gasteiger partial charge in [0, 0.05) is 13.2 Å². The molecule has 0 amide bonds. The van der Waals surface area contributed by atoms with Crippen molar-refractivity contribution in [1.29, 1.82) is 0 Å². The Balaban J connectivity index is 2.26. The number of halogens is 1. The molecule has 2 rings (SSSR count). The highest BCUT2D eigenvalue weighted by Gasteiger charge is 2.17. The number of nitrogens with one attached hydrogen (secondary N) is 1. The first kappa shape index (κ1) is 15.0. The average molecular weight is 308 g/mol. The quantitative estimate of drug-likeness (QED) is 0.816. The molecular weight excluding hydrogens is 295 g/mol. The van der Waals surface area contributed by atoms with Crippen LogP contribution in [-0.4, -0.2) is 24.5 Å². The summed E-state index contributed by atoms with van der Waals surface area (Å²) in [6.07, 6.45) is 2.71. The van der Waals surface area contributed by atoms with Gasteiger partial charge in [-0.3, -0.25) is 4.72 Å². The molecule has 0 radical (unpaired) electrons. The third-order valence-electron chi connectivity index (χ3n) is 2.50. The molecule has 1 heterocycles. The van der Waals surface area contributed by atoms with Crippen LogP contribution in [0.5, 0.6) is 0 Å². The Morgan fingerprint density at radius 1 is 1.48 bits per heavy atom. The normalized spacial score (nSPS) is 10.8. The molecule has 110 valence electrons. The number of rotatable bonds is 3. The van der Waals surface area contributed by atoms with Gasteiger partial charge in [-0.2, -0.15) is 8.42 Å². The Morgan fingerprint density at radius 2 is 2.24 bits per heavy atom. The minimum atomic E-state index is -3.84. The molecule has 0 saturated carbocycles. The first-order valence-electron chi connectivity index (χ1n) is 5.91. The zero-order valence-electron chi connectivity index (χ0n) is 11.2. The van der Waals surface area contributed by atoms with Crippen LogP contribution in [0.2, 0.25) is 0 Å². The molecule has 21 heavy (non-hydrogen) atoms. The summed E-state index contributed by atoms with van der Waals surface area (Å²) in [6.45, 7) is 0.119. The van der Waals surface area contributed by atoms with E-state index in [-0.39, 0.29) is 22.8 Å². The van der Waals surface area contributed by atoms with Crippen LogP contribution in [0.15, 0.2) is 35.7 Å². The molecule has 0 spiro atoms. The summed E-state index contributed by atoms with van der Waals surface area (Å²) in [5.74, 6) is 4.46. The van der Waals surface area contributed by atoms with Crippen LogP contribution in [0.4, 0.5) is 10.1 Å². The number of benzene rings is 1. The van der Waals surface area contributed by atoms with Gasteiger partial charge in [0.2, 0.25) is 0 Å². The molecule has 0 aliphatic rings. The largest absolute Gasteiger partial charge is 0.339 e. The minimum Gasteiger partial charge on any atom is -0.339 e. The SMILES string of the molecule is Cn1cnc(S(=O)(=O)Nc2ccc(C#CCN)c(F)c2)c1. The molecule has 3 N–H and O–H groups in total. The highest BCUT2D eigenvalue weighted by molar-refractivity contribution is 7.92. The number of hydrogen-bond acceptors (Lipinski definition) is 4. The fraction of sp³-hybridized carbons (Fsp3) is 0.154. The molecule has 0 saturated heterocycles. The molecule has 0 aliphatic heterocycles. The van der Waals surface area contributed by atoms with Gasteiger partial charge in [-0.1, -0.05) is 11.8 Å². The smallest absolute Gasteiger partial charge is 0.280 e. The summed E-state index contributed by atoms with van der Waals surface area (Å²) in [6, 6.07) is 3.86. The van der Waals surface area contributed by atoms with Crippen LogP contribution in [0.25, 0.3) is 0 Å². The van der Waals surface area contributed by atoms with Gasteiger partial charge in [0.25, 0.3) is 10.0 Å². The van der Waals surface area contributed by atoms with Gasteiger partial charge in [-0.25, -0.2) is 9.37 Å². The Kier molecular flexibility index (Phi) is 4.26. The lowest BCUT2D eigenvalue weighted by Gasteiger charge is -2.06. The standard InChI is InChI=1S/C13H13FN4O2S/c1-18-8-13(16-9-18)21(19,20)17-11-5-4-10(3-2-6-15)12(14)7-11/h4-5,7-9,17H,6,15H2,1H3. The number of hydrogen-bond donors (Lipinski definition) is 2. The van der Waals surface area contributed by atoms with E-state index in [1.807, 2.05) is 0 Å². The Hall–Kier alpha value is -2.37. The first-order chi connectivity index (χ1) is 9.92. The molecule has 0 aliphatic carbocycles. The van der Waals surface area contributed by atoms with E-state index >= 15 is 0 Å². The average Bonchev–Trinajstić information content (AvgIpc) is 2.85. The molecule has 2 aromatic rings. The van der Waals surface area contributed by atoms with Gasteiger partial charge in [-0.05, 0) is 18.2 Å². The van der Waals surface area contributed by atoms with Gasteiger partial charge in [0.05, 0.1) is 24.1 Å². The zero-order valence-corrected chi connectivity index (χ0v) is 12.0. The van der Waals surface area contributed by atoms with Crippen LogP contribution in [0, 0.1) is 17.7 Å². The topological polar surface area (TPSA) is 90.0 Å². The van der Waals surface area contributed by atoms with E-state index < -0.39 is 15.8 Å². The zero-order chi connectivity index (χ0) is 15.5. The Bertz CT molecular complexity index is 818. The summed E-state index contributed by atoms with van der Waals surface area (Å²) in [5, 5.41) is -0.141. The van der Waals surface area contributed by atoms with Crippen molar-refractivity contribution in [3.05, 3.63) is 42.1 Å². The molecule has 8 heteroatoms. The Morgan fingerprint density at radius 3 is 2.81 bits per heavy atom. The molecular formula is C13H13FN4O2S. The third-order valence-corrected chi connectivity index (χ3v) is 3.77. The van der Waals surface area contributed by atoms with Crippen molar-refractivity contribution in [2.45, 2.75) is 5.03 Å². The maximum Gasteiger partial charge on any atom is 0.280 e. The molecule has 0 unspecified atom stereocenters. The Labute approximate surface area is 121 Å². The monoisotopic (exact) mass is 308 g/mol. The van der Waals surface area contributed by atoms with Crippen LogP contribution in [-0.2, 0) is 17.1 Å². The number of nitrogens with zero attached hydrogens (tertiary/aromatic N) is 2. The number of nitrogens with two attached hydrogens (primary N) is 1. The molecule has 6 nitrogen and oxygen atoms in total. The predicted molar refractivity (Wildman–Crippen MR) is 76.3 cm³/mol. The van der Waals surface area contributed by atoms with Crippen molar-refractivity contribution in [2.24, 2.45) is 12.8 Å². The van der Waals surface area contributed by atoms with E-state index in [4.69, 9.17) is 5.73 Å². The van der Waals surface area contributed by atoms with Crippen LogP contribution in [0.1, 0.15) is 5.56 Å². The van der Waals surface area contributed by atoms with E-state index in [1.54, 1.807) is 7.05 Å². The second kappa shape index (κ2) is 5.95. The molecule has 1 aromatic heterocycles. The van der Waals surface area contributed by atoms with E-state index in [0.717, 1.165) is 6.07 Å². The van der Waals surface area contributed by atoms with Crippen LogP contribution < -0.4 is 10.5 Å². The fourth-order valence-electron chi connectivity index (χ4n) is 1.56. The fourth-order valence-corrected chi connectivity index (χ4v) is 2.59. The summed E-state index contributed by atoms with van der Waals surface area (Å²) in [4.78, 5) is 3.75. The predicted octanol–water partition coefficient (Wildman–Crippen LogP) is 0.670. The van der Waals surface area contributed by atoms with Crippen LogP contribution >= 0.6 is 0 Å². The third kappa shape index (κ3) is 3.59. The van der Waals surface area contributed by atoms with Crippen molar-refractivity contribution in [2.75, 3.05) is 11.3 Å². The second-order valence-electron chi connectivity index (χ2n) is 4.18. The van der Waals surface area contributed by atoms with Gasteiger partial charge >= 0.3 is 0 Å². The molecule has 0 atom stereocenters. The van der Waals surface area contributed by atoms with E-state index in [2.05, 4.69) is 21.5 Å². The molecule has 0 fully saturated rings. The number of aromatic nitrogens is 2. The van der Waals surface area contributed by atoms with Gasteiger partial charge in [0.15, 0.2) is 5.03 Å². The highest BCUT2D eigenvalue weighted by Crippen LogP contribution is 2.17. The maximum absolute atomic E-state index is 13.8. The van der Waals surface area contributed by atoms with Gasteiger partial charge in [0.1, 0.15) is 5.82 Å². The number of sulfonamides is 1. The van der Waals surface area contributed by atoms with Gasteiger partial charge < -0.3 is 10.3 Å². The summed E-state index contributed by atoms with van der Waals surface area (Å²) in [5.41, 5.74) is 5.46. The van der Waals surface area contributed by atoms with Crippen molar-refractivity contribution >= 4 is 15.7 Å². The van der Waals surface area contributed by atoms with Crippen molar-refractivity contribution in [3.8, 4) is 11.8 Å². The van der Waals surface area contributed by atoms with Crippen molar-refractivity contribution in [3.63, 3.8) is 0 Å². The maximum atomic E-state index is 13.8. The number of anilines is 1. The minimum absolute atomic E-state index is 0.0939. The lowest BCUT2D eigenvalue weighted by atomic mass is 10.2. The van der Waals surface area contributed by atoms with E-state index in [0.29, 0.717) is 0 Å². The van der Waals surface area contributed by atoms with Crippen molar-refractivity contribution < 1.29 is 12.8 Å². The van der Waals surface area contributed by atoms with E-state index in [9.17, 15) is 12.8 Å². The van der Waals surface area contributed by atoms with Crippen molar-refractivity contribution in [1.82, 2.24) is 9.55 Å². The first-order valence-corrected chi connectivity index (χ1v) is 7.40. The van der Waals surface area contributed by atoms with Crippen LogP contribution in [0.3, 0.4) is 0 Å².